The van der Waals surface area contributed by atoms with Crippen molar-refractivity contribution in [3.05, 3.63) is 107 Å². The third-order valence-corrected chi connectivity index (χ3v) is 8.16. The smallest absolute Gasteiger partial charge is 0.252 e. The monoisotopic (exact) mass is 620 g/mol. The molecule has 11 nitrogen and oxygen atoms in total. The number of ether oxygens (including phenoxy) is 3. The molecule has 1 heterocycles. The summed E-state index contributed by atoms with van der Waals surface area (Å²) in [6.45, 7) is -0.166. The van der Waals surface area contributed by atoms with Gasteiger partial charge in [0, 0.05) is 6.42 Å². The SMILES string of the molecule is O=C(NC1CO[C@H](CO)C1)[C@H](OCc1ccccc1)[C@H](O)[C@@H](O)[C@@H](OCc1ccccc1)C(=O)N[C@H]1c2ccccc2C[C@H]1O. The van der Waals surface area contributed by atoms with Crippen LogP contribution in [0.4, 0.5) is 0 Å². The minimum Gasteiger partial charge on any atom is -0.394 e. The molecule has 1 aliphatic heterocycles. The normalized spacial score (nSPS) is 23.5. The number of carbonyl (C=O) groups is 2. The maximum absolute atomic E-state index is 13.7. The molecule has 5 rings (SSSR count). The molecule has 0 aromatic heterocycles. The van der Waals surface area contributed by atoms with E-state index in [9.17, 15) is 30.0 Å². The van der Waals surface area contributed by atoms with Crippen molar-refractivity contribution in [1.29, 1.82) is 0 Å². The van der Waals surface area contributed by atoms with Crippen LogP contribution in [0.2, 0.25) is 0 Å². The van der Waals surface area contributed by atoms with E-state index in [1.807, 2.05) is 36.4 Å². The average Bonchev–Trinajstić information content (AvgIpc) is 3.65. The molecule has 0 bridgehead atoms. The van der Waals surface area contributed by atoms with Crippen LogP contribution in [0.15, 0.2) is 84.9 Å². The lowest BCUT2D eigenvalue weighted by molar-refractivity contribution is -0.171. The van der Waals surface area contributed by atoms with Gasteiger partial charge in [-0.15, -0.1) is 0 Å². The number of rotatable bonds is 14. The first-order valence-electron chi connectivity index (χ1n) is 15.1. The topological polar surface area (TPSA) is 167 Å². The summed E-state index contributed by atoms with van der Waals surface area (Å²) in [4.78, 5) is 27.2. The number of fused-ring (bicyclic) bond motifs is 1. The van der Waals surface area contributed by atoms with Gasteiger partial charge in [-0.05, 0) is 28.7 Å². The van der Waals surface area contributed by atoms with Gasteiger partial charge in [-0.25, -0.2) is 0 Å². The van der Waals surface area contributed by atoms with Crippen molar-refractivity contribution in [3.63, 3.8) is 0 Å². The van der Waals surface area contributed by atoms with Gasteiger partial charge in [-0.2, -0.15) is 0 Å². The fourth-order valence-corrected chi connectivity index (χ4v) is 5.74. The molecule has 1 unspecified atom stereocenters. The van der Waals surface area contributed by atoms with E-state index in [0.29, 0.717) is 12.8 Å². The van der Waals surface area contributed by atoms with E-state index in [1.54, 1.807) is 48.5 Å². The Bertz CT molecular complexity index is 1390. The highest BCUT2D eigenvalue weighted by Crippen LogP contribution is 2.31. The summed E-state index contributed by atoms with van der Waals surface area (Å²) < 4.78 is 17.3. The summed E-state index contributed by atoms with van der Waals surface area (Å²) in [6, 6.07) is 24.2. The summed E-state index contributed by atoms with van der Waals surface area (Å²) in [5, 5.41) is 48.7. The molecule has 0 spiro atoms. The first kappa shape index (κ1) is 32.7. The fraction of sp³-hybridized carbons (Fsp3) is 0.412. The van der Waals surface area contributed by atoms with Gasteiger partial charge in [-0.1, -0.05) is 84.9 Å². The first-order chi connectivity index (χ1) is 21.8. The number of amides is 2. The molecule has 2 amide bonds. The van der Waals surface area contributed by atoms with Gasteiger partial charge >= 0.3 is 0 Å². The number of carbonyl (C=O) groups excluding carboxylic acids is 2. The molecule has 1 fully saturated rings. The third kappa shape index (κ3) is 8.33. The van der Waals surface area contributed by atoms with Crippen LogP contribution in [0.1, 0.15) is 34.7 Å². The van der Waals surface area contributed by atoms with Gasteiger partial charge < -0.3 is 45.3 Å². The number of hydrogen-bond donors (Lipinski definition) is 6. The number of hydrogen-bond acceptors (Lipinski definition) is 9. The summed E-state index contributed by atoms with van der Waals surface area (Å²) in [6.07, 6.45) is -7.64. The molecule has 6 N–H and O–H groups in total. The lowest BCUT2D eigenvalue weighted by Gasteiger charge is -2.32. The standard InChI is InChI=1S/C34H40N2O9/c37-17-25-16-24(20-43-25)35-33(41)31(44-18-21-9-3-1-4-10-21)29(39)30(40)32(45-19-22-11-5-2-6-12-22)34(42)36-28-26-14-8-7-13-23(26)15-27(28)38/h1-14,24-25,27-32,37-40H,15-20H2,(H,35,41)(H,36,42)/t24?,25-,27+,28-,29+,30+,31+,32+/m0/s1. The van der Waals surface area contributed by atoms with Crippen LogP contribution in [0.25, 0.3) is 0 Å². The molecule has 8 atom stereocenters. The largest absolute Gasteiger partial charge is 0.394 e. The van der Waals surface area contributed by atoms with E-state index in [4.69, 9.17) is 14.2 Å². The number of nitrogens with one attached hydrogen (secondary N) is 2. The molecule has 45 heavy (non-hydrogen) atoms. The zero-order chi connectivity index (χ0) is 31.8. The van der Waals surface area contributed by atoms with Crippen molar-refractivity contribution in [3.8, 4) is 0 Å². The van der Waals surface area contributed by atoms with Gasteiger partial charge in [0.1, 0.15) is 12.2 Å². The Morgan fingerprint density at radius 3 is 1.89 bits per heavy atom. The summed E-state index contributed by atoms with van der Waals surface area (Å²) in [5.74, 6) is -1.48. The van der Waals surface area contributed by atoms with Crippen LogP contribution in [0.3, 0.4) is 0 Å². The zero-order valence-corrected chi connectivity index (χ0v) is 24.8. The summed E-state index contributed by atoms with van der Waals surface area (Å²) in [5.41, 5.74) is 3.09. The lowest BCUT2D eigenvalue weighted by atomic mass is 9.99. The van der Waals surface area contributed by atoms with Crippen LogP contribution in [-0.2, 0) is 43.4 Å². The quantitative estimate of drug-likeness (QED) is 0.154. The predicted octanol–water partition coefficient (Wildman–Crippen LogP) is 0.920. The molecule has 0 saturated carbocycles. The van der Waals surface area contributed by atoms with Crippen molar-refractivity contribution in [2.24, 2.45) is 0 Å². The molecule has 0 radical (unpaired) electrons. The minimum absolute atomic E-state index is 0.0596. The third-order valence-electron chi connectivity index (χ3n) is 8.16. The zero-order valence-electron chi connectivity index (χ0n) is 24.8. The van der Waals surface area contributed by atoms with E-state index in [-0.39, 0.29) is 26.4 Å². The Morgan fingerprint density at radius 2 is 1.33 bits per heavy atom. The second-order valence-corrected chi connectivity index (χ2v) is 11.5. The molecule has 240 valence electrons. The highest BCUT2D eigenvalue weighted by molar-refractivity contribution is 5.84. The van der Waals surface area contributed by atoms with E-state index in [0.717, 1.165) is 22.3 Å². The van der Waals surface area contributed by atoms with Gasteiger partial charge in [-0.3, -0.25) is 9.59 Å². The van der Waals surface area contributed by atoms with Gasteiger partial charge in [0.15, 0.2) is 12.2 Å². The molecule has 2 aliphatic rings. The van der Waals surface area contributed by atoms with Gasteiger partial charge in [0.25, 0.3) is 11.8 Å². The number of aliphatic hydroxyl groups excluding tert-OH is 4. The van der Waals surface area contributed by atoms with Crippen LogP contribution in [-0.4, -0.2) is 88.1 Å². The van der Waals surface area contributed by atoms with Crippen molar-refractivity contribution in [1.82, 2.24) is 10.6 Å². The maximum Gasteiger partial charge on any atom is 0.252 e. The minimum atomic E-state index is -1.90. The maximum atomic E-state index is 13.7. The number of benzene rings is 3. The average molecular weight is 621 g/mol. The Balaban J connectivity index is 1.36. The van der Waals surface area contributed by atoms with E-state index in [1.165, 1.54) is 0 Å². The summed E-state index contributed by atoms with van der Waals surface area (Å²) >= 11 is 0. The molecule has 1 aliphatic carbocycles. The van der Waals surface area contributed by atoms with Crippen molar-refractivity contribution in [2.45, 2.75) is 74.8 Å². The predicted molar refractivity (Wildman–Crippen MR) is 162 cm³/mol. The lowest BCUT2D eigenvalue weighted by Crippen LogP contribution is -2.57. The molecular formula is C34H40N2O9. The van der Waals surface area contributed by atoms with E-state index in [2.05, 4.69) is 10.6 Å². The summed E-state index contributed by atoms with van der Waals surface area (Å²) in [7, 11) is 0. The fourth-order valence-electron chi connectivity index (χ4n) is 5.74. The second-order valence-electron chi connectivity index (χ2n) is 11.5. The Kier molecular flexibility index (Phi) is 11.3. The first-order valence-corrected chi connectivity index (χ1v) is 15.1. The van der Waals surface area contributed by atoms with Crippen molar-refractivity contribution in [2.75, 3.05) is 13.2 Å². The van der Waals surface area contributed by atoms with Crippen LogP contribution in [0, 0.1) is 0 Å². The van der Waals surface area contributed by atoms with Gasteiger partial charge in [0.2, 0.25) is 0 Å². The van der Waals surface area contributed by atoms with E-state index < -0.39 is 60.5 Å². The molecule has 1 saturated heterocycles. The van der Waals surface area contributed by atoms with Crippen LogP contribution < -0.4 is 10.6 Å². The van der Waals surface area contributed by atoms with E-state index >= 15 is 0 Å². The second kappa shape index (κ2) is 15.5. The highest BCUT2D eigenvalue weighted by Gasteiger charge is 2.43. The Labute approximate surface area is 261 Å². The molecule has 3 aromatic carbocycles. The molecule has 11 heteroatoms. The van der Waals surface area contributed by atoms with Crippen LogP contribution in [0.5, 0.6) is 0 Å². The van der Waals surface area contributed by atoms with Gasteiger partial charge in [0.05, 0.1) is 50.7 Å². The molecular weight excluding hydrogens is 580 g/mol. The van der Waals surface area contributed by atoms with Crippen molar-refractivity contribution >= 4 is 11.8 Å². The van der Waals surface area contributed by atoms with Crippen LogP contribution >= 0.6 is 0 Å². The Hall–Kier alpha value is -3.68. The highest BCUT2D eigenvalue weighted by atomic mass is 16.5. The van der Waals surface area contributed by atoms with Crippen molar-refractivity contribution < 1.29 is 44.2 Å². The number of aliphatic hydroxyl groups is 4. The molecule has 3 aromatic rings. The Morgan fingerprint density at radius 1 is 0.800 bits per heavy atom.